The van der Waals surface area contributed by atoms with Crippen LogP contribution in [-0.2, 0) is 12.8 Å². The number of anilines is 1. The summed E-state index contributed by atoms with van der Waals surface area (Å²) in [4.78, 5) is 25.1. The molecular formula is C16H16N2O2S. The number of carbonyl (C=O) groups is 2. The van der Waals surface area contributed by atoms with Gasteiger partial charge in [-0.15, -0.1) is 11.3 Å². The van der Waals surface area contributed by atoms with Crippen LogP contribution in [0.15, 0.2) is 24.3 Å². The highest BCUT2D eigenvalue weighted by atomic mass is 32.1. The predicted molar refractivity (Wildman–Crippen MR) is 84.0 cm³/mol. The molecule has 1 aromatic heterocycles. The first kappa shape index (κ1) is 13.8. The van der Waals surface area contributed by atoms with Crippen molar-refractivity contribution in [2.75, 3.05) is 5.32 Å². The molecule has 0 radical (unpaired) electrons. The number of fused-ring (bicyclic) bond motifs is 1. The molecule has 0 spiro atoms. The average molecular weight is 300 g/mol. The number of carbonyl (C=O) groups excluding carboxylic acids is 2. The number of hydrogen-bond donors (Lipinski definition) is 2. The number of nitrogens with two attached hydrogens (primary N) is 1. The van der Waals surface area contributed by atoms with Crippen molar-refractivity contribution in [1.29, 1.82) is 0 Å². The van der Waals surface area contributed by atoms with E-state index in [1.807, 2.05) is 19.1 Å². The van der Waals surface area contributed by atoms with Crippen LogP contribution in [0.3, 0.4) is 0 Å². The van der Waals surface area contributed by atoms with E-state index in [2.05, 4.69) is 5.32 Å². The number of benzene rings is 1. The van der Waals surface area contributed by atoms with Crippen LogP contribution in [0.5, 0.6) is 0 Å². The number of thiophene rings is 1. The fourth-order valence-electron chi connectivity index (χ4n) is 2.63. The van der Waals surface area contributed by atoms with Gasteiger partial charge in [-0.3, -0.25) is 9.59 Å². The largest absolute Gasteiger partial charge is 0.365 e. The fraction of sp³-hybridized carbons (Fsp3) is 0.250. The van der Waals surface area contributed by atoms with E-state index in [1.54, 1.807) is 12.1 Å². The molecule has 4 nitrogen and oxygen atoms in total. The van der Waals surface area contributed by atoms with Crippen molar-refractivity contribution in [3.05, 3.63) is 51.4 Å². The van der Waals surface area contributed by atoms with Gasteiger partial charge < -0.3 is 11.1 Å². The summed E-state index contributed by atoms with van der Waals surface area (Å²) in [5, 5.41) is 3.42. The van der Waals surface area contributed by atoms with Crippen LogP contribution in [-0.4, -0.2) is 11.8 Å². The Morgan fingerprint density at radius 1 is 1.19 bits per heavy atom. The van der Waals surface area contributed by atoms with E-state index >= 15 is 0 Å². The molecular weight excluding hydrogens is 284 g/mol. The van der Waals surface area contributed by atoms with Gasteiger partial charge in [0.15, 0.2) is 0 Å². The molecule has 3 N–H and O–H groups in total. The summed E-state index contributed by atoms with van der Waals surface area (Å²) in [5.74, 6) is -0.675. The molecule has 0 saturated carbocycles. The Kier molecular flexibility index (Phi) is 3.51. The van der Waals surface area contributed by atoms with Crippen molar-refractivity contribution < 1.29 is 9.59 Å². The van der Waals surface area contributed by atoms with Gasteiger partial charge in [0.2, 0.25) is 0 Å². The molecule has 1 aliphatic rings. The number of amides is 2. The summed E-state index contributed by atoms with van der Waals surface area (Å²) in [7, 11) is 0. The third kappa shape index (κ3) is 2.56. The predicted octanol–water partition coefficient (Wildman–Crippen LogP) is 2.90. The fourth-order valence-corrected chi connectivity index (χ4v) is 3.92. The minimum absolute atomic E-state index is 0.211. The molecule has 5 heteroatoms. The van der Waals surface area contributed by atoms with Crippen LogP contribution in [0, 0.1) is 6.92 Å². The Morgan fingerprint density at radius 3 is 2.57 bits per heavy atom. The first-order valence-electron chi connectivity index (χ1n) is 6.88. The summed E-state index contributed by atoms with van der Waals surface area (Å²) in [6, 6.07) is 7.32. The maximum absolute atomic E-state index is 12.3. The molecule has 0 aliphatic heterocycles. The topological polar surface area (TPSA) is 72.2 Å². The van der Waals surface area contributed by atoms with Crippen LogP contribution in [0.1, 0.15) is 43.1 Å². The molecule has 0 saturated heterocycles. The van der Waals surface area contributed by atoms with Crippen molar-refractivity contribution in [1.82, 2.24) is 0 Å². The van der Waals surface area contributed by atoms with Gasteiger partial charge in [0, 0.05) is 10.4 Å². The van der Waals surface area contributed by atoms with Crippen LogP contribution in [0.25, 0.3) is 0 Å². The molecule has 21 heavy (non-hydrogen) atoms. The third-order valence-electron chi connectivity index (χ3n) is 3.71. The molecule has 2 aromatic rings. The van der Waals surface area contributed by atoms with Gasteiger partial charge in [-0.05, 0) is 43.9 Å². The Balaban J connectivity index is 1.90. The second-order valence-electron chi connectivity index (χ2n) is 5.25. The van der Waals surface area contributed by atoms with Crippen LogP contribution in [0.2, 0.25) is 0 Å². The first-order chi connectivity index (χ1) is 10.1. The zero-order valence-corrected chi connectivity index (χ0v) is 12.5. The van der Waals surface area contributed by atoms with Crippen LogP contribution in [0.4, 0.5) is 5.00 Å². The zero-order valence-electron chi connectivity index (χ0n) is 11.7. The minimum atomic E-state index is -0.464. The normalized spacial score (nSPS) is 13.0. The van der Waals surface area contributed by atoms with Crippen molar-refractivity contribution in [2.24, 2.45) is 5.73 Å². The summed E-state index contributed by atoms with van der Waals surface area (Å²) >= 11 is 1.47. The summed E-state index contributed by atoms with van der Waals surface area (Å²) in [5.41, 5.74) is 8.67. The van der Waals surface area contributed by atoms with E-state index < -0.39 is 5.91 Å². The van der Waals surface area contributed by atoms with Crippen molar-refractivity contribution in [3.8, 4) is 0 Å². The first-order valence-corrected chi connectivity index (χ1v) is 7.70. The molecule has 1 aliphatic carbocycles. The summed E-state index contributed by atoms with van der Waals surface area (Å²) < 4.78 is 0. The van der Waals surface area contributed by atoms with E-state index in [4.69, 9.17) is 5.73 Å². The smallest absolute Gasteiger partial charge is 0.256 e. The SMILES string of the molecule is Cc1ccc(C(=O)Nc2sc3c(c2C(N)=O)CCC3)cc1. The van der Waals surface area contributed by atoms with E-state index in [0.717, 1.165) is 30.4 Å². The Hall–Kier alpha value is -2.14. The molecule has 0 fully saturated rings. The third-order valence-corrected chi connectivity index (χ3v) is 4.92. The summed E-state index contributed by atoms with van der Waals surface area (Å²) in [6.45, 7) is 1.97. The van der Waals surface area contributed by atoms with Crippen molar-refractivity contribution >= 4 is 28.2 Å². The van der Waals surface area contributed by atoms with Gasteiger partial charge in [-0.1, -0.05) is 17.7 Å². The Morgan fingerprint density at radius 2 is 1.90 bits per heavy atom. The Bertz CT molecular complexity index is 717. The number of primary amides is 1. The molecule has 0 atom stereocenters. The highest BCUT2D eigenvalue weighted by molar-refractivity contribution is 7.17. The summed E-state index contributed by atoms with van der Waals surface area (Å²) in [6.07, 6.45) is 2.87. The second kappa shape index (κ2) is 5.33. The lowest BCUT2D eigenvalue weighted by molar-refractivity contribution is 0.100. The standard InChI is InChI=1S/C16H16N2O2S/c1-9-5-7-10(8-6-9)15(20)18-16-13(14(17)19)11-3-2-4-12(11)21-16/h5-8H,2-4H2,1H3,(H2,17,19)(H,18,20). The molecule has 1 aromatic carbocycles. The molecule has 108 valence electrons. The quantitative estimate of drug-likeness (QED) is 0.915. The molecule has 3 rings (SSSR count). The molecule has 0 bridgehead atoms. The molecule has 1 heterocycles. The van der Waals surface area contributed by atoms with Crippen LogP contribution < -0.4 is 11.1 Å². The highest BCUT2D eigenvalue weighted by Crippen LogP contribution is 2.38. The van der Waals surface area contributed by atoms with Crippen LogP contribution >= 0.6 is 11.3 Å². The Labute approximate surface area is 127 Å². The van der Waals surface area contributed by atoms with Gasteiger partial charge in [-0.25, -0.2) is 0 Å². The van der Waals surface area contributed by atoms with Crippen molar-refractivity contribution in [3.63, 3.8) is 0 Å². The van der Waals surface area contributed by atoms with E-state index in [-0.39, 0.29) is 5.91 Å². The molecule has 0 unspecified atom stereocenters. The second-order valence-corrected chi connectivity index (χ2v) is 6.35. The average Bonchev–Trinajstić information content (AvgIpc) is 2.98. The van der Waals surface area contributed by atoms with E-state index in [9.17, 15) is 9.59 Å². The maximum Gasteiger partial charge on any atom is 0.256 e. The lowest BCUT2D eigenvalue weighted by Gasteiger charge is -2.06. The van der Waals surface area contributed by atoms with E-state index in [0.29, 0.717) is 16.1 Å². The van der Waals surface area contributed by atoms with Gasteiger partial charge in [0.1, 0.15) is 5.00 Å². The monoisotopic (exact) mass is 300 g/mol. The lowest BCUT2D eigenvalue weighted by atomic mass is 10.1. The maximum atomic E-state index is 12.3. The van der Waals surface area contributed by atoms with E-state index in [1.165, 1.54) is 16.2 Å². The highest BCUT2D eigenvalue weighted by Gasteiger charge is 2.26. The number of nitrogens with one attached hydrogen (secondary N) is 1. The van der Waals surface area contributed by atoms with Gasteiger partial charge in [0.05, 0.1) is 5.56 Å². The zero-order chi connectivity index (χ0) is 15.0. The minimum Gasteiger partial charge on any atom is -0.365 e. The number of rotatable bonds is 3. The van der Waals surface area contributed by atoms with Crippen molar-refractivity contribution in [2.45, 2.75) is 26.2 Å². The van der Waals surface area contributed by atoms with Gasteiger partial charge in [0.25, 0.3) is 11.8 Å². The van der Waals surface area contributed by atoms with Gasteiger partial charge >= 0.3 is 0 Å². The lowest BCUT2D eigenvalue weighted by Crippen LogP contribution is -2.17. The molecule has 2 amide bonds. The number of hydrogen-bond acceptors (Lipinski definition) is 3. The number of aryl methyl sites for hydroxylation is 2. The van der Waals surface area contributed by atoms with Gasteiger partial charge in [-0.2, -0.15) is 0 Å².